The van der Waals surface area contributed by atoms with E-state index in [4.69, 9.17) is 0 Å². The smallest absolute Gasteiger partial charge is 0.326 e. The zero-order chi connectivity index (χ0) is 14.7. The van der Waals surface area contributed by atoms with E-state index in [1.807, 2.05) is 0 Å². The van der Waals surface area contributed by atoms with Gasteiger partial charge in [-0.05, 0) is 61.7 Å². The lowest BCUT2D eigenvalue weighted by atomic mass is 9.88. The Kier molecular flexibility index (Phi) is 3.05. The number of nitrogens with zero attached hydrogens (tertiary/aromatic N) is 1. The number of carbonyl (C=O) groups is 2. The molecule has 4 aliphatic rings. The molecule has 0 radical (unpaired) electrons. The summed E-state index contributed by atoms with van der Waals surface area (Å²) >= 11 is 0. The van der Waals surface area contributed by atoms with Crippen molar-refractivity contribution in [3.8, 4) is 0 Å². The number of aliphatic carboxylic acids is 1. The molecule has 6 atom stereocenters. The number of rotatable bonds is 3. The van der Waals surface area contributed by atoms with Crippen LogP contribution in [0.25, 0.3) is 0 Å². The number of piperidine rings is 1. The second-order valence-electron chi connectivity index (χ2n) is 7.70. The summed E-state index contributed by atoms with van der Waals surface area (Å²) in [5.74, 6) is 2.75. The van der Waals surface area contributed by atoms with Crippen LogP contribution in [0.5, 0.6) is 0 Å². The predicted molar refractivity (Wildman–Crippen MR) is 77.5 cm³/mol. The van der Waals surface area contributed by atoms with Crippen LogP contribution in [0, 0.1) is 35.5 Å². The second-order valence-corrected chi connectivity index (χ2v) is 7.70. The standard InChI is InChI=1S/C17H25NO3/c1-2-9-5-6-18(12(7-9)17(20)21)16(19)15-13-10-3-4-11(8-10)14(13)15/h9-15H,2-8H2,1H3,(H,20,21). The Labute approximate surface area is 125 Å². The van der Waals surface area contributed by atoms with Gasteiger partial charge in [0.05, 0.1) is 0 Å². The maximum Gasteiger partial charge on any atom is 0.326 e. The minimum absolute atomic E-state index is 0.170. The number of hydrogen-bond acceptors (Lipinski definition) is 2. The fourth-order valence-electron chi connectivity index (χ4n) is 5.75. The number of amides is 1. The lowest BCUT2D eigenvalue weighted by Crippen LogP contribution is -2.51. The molecule has 1 N–H and O–H groups in total. The normalized spacial score (nSPS) is 47.3. The summed E-state index contributed by atoms with van der Waals surface area (Å²) in [6.07, 6.45) is 6.57. The topological polar surface area (TPSA) is 57.6 Å². The molecule has 0 aromatic rings. The Balaban J connectivity index is 1.48. The van der Waals surface area contributed by atoms with Crippen molar-refractivity contribution in [2.45, 2.75) is 51.5 Å². The number of carbonyl (C=O) groups excluding carboxylic acids is 1. The largest absolute Gasteiger partial charge is 0.480 e. The van der Waals surface area contributed by atoms with E-state index in [2.05, 4.69) is 6.92 Å². The Morgan fingerprint density at radius 3 is 2.33 bits per heavy atom. The van der Waals surface area contributed by atoms with Gasteiger partial charge in [-0.15, -0.1) is 0 Å². The summed E-state index contributed by atoms with van der Waals surface area (Å²) in [4.78, 5) is 26.2. The van der Waals surface area contributed by atoms with E-state index < -0.39 is 12.0 Å². The highest BCUT2D eigenvalue weighted by atomic mass is 16.4. The molecule has 4 fully saturated rings. The maximum absolute atomic E-state index is 12.9. The van der Waals surface area contributed by atoms with Gasteiger partial charge in [-0.2, -0.15) is 0 Å². The predicted octanol–water partition coefficient (Wildman–Crippen LogP) is 2.38. The van der Waals surface area contributed by atoms with E-state index in [1.54, 1.807) is 4.90 Å². The highest BCUT2D eigenvalue weighted by molar-refractivity contribution is 5.87. The summed E-state index contributed by atoms with van der Waals surface area (Å²) in [7, 11) is 0. The summed E-state index contributed by atoms with van der Waals surface area (Å²) in [5.41, 5.74) is 0. The van der Waals surface area contributed by atoms with Crippen LogP contribution in [0.2, 0.25) is 0 Å². The van der Waals surface area contributed by atoms with Crippen LogP contribution in [0.1, 0.15) is 45.4 Å². The Morgan fingerprint density at radius 1 is 1.10 bits per heavy atom. The molecule has 2 bridgehead atoms. The maximum atomic E-state index is 12.9. The van der Waals surface area contributed by atoms with Crippen LogP contribution < -0.4 is 0 Å². The van der Waals surface area contributed by atoms with E-state index in [9.17, 15) is 14.7 Å². The van der Waals surface area contributed by atoms with Gasteiger partial charge in [-0.25, -0.2) is 4.79 Å². The quantitative estimate of drug-likeness (QED) is 0.868. The molecule has 1 heterocycles. The minimum Gasteiger partial charge on any atom is -0.480 e. The van der Waals surface area contributed by atoms with Crippen molar-refractivity contribution < 1.29 is 14.7 Å². The van der Waals surface area contributed by atoms with Crippen molar-refractivity contribution in [2.75, 3.05) is 6.54 Å². The third-order valence-electron chi connectivity index (χ3n) is 6.88. The van der Waals surface area contributed by atoms with Crippen LogP contribution in [0.4, 0.5) is 0 Å². The molecule has 3 aliphatic carbocycles. The molecule has 4 rings (SSSR count). The summed E-state index contributed by atoms with van der Waals surface area (Å²) in [6.45, 7) is 2.77. The Bertz CT molecular complexity index is 461. The molecular weight excluding hydrogens is 266 g/mol. The molecule has 6 unspecified atom stereocenters. The first-order chi connectivity index (χ1) is 10.1. The van der Waals surface area contributed by atoms with Crippen molar-refractivity contribution in [3.05, 3.63) is 0 Å². The van der Waals surface area contributed by atoms with Crippen molar-refractivity contribution in [1.82, 2.24) is 4.90 Å². The van der Waals surface area contributed by atoms with Gasteiger partial charge in [-0.1, -0.05) is 13.3 Å². The summed E-state index contributed by atoms with van der Waals surface area (Å²) < 4.78 is 0. The number of likely N-dealkylation sites (tertiary alicyclic amines) is 1. The highest BCUT2D eigenvalue weighted by Gasteiger charge is 2.68. The van der Waals surface area contributed by atoms with E-state index in [-0.39, 0.29) is 11.8 Å². The molecule has 21 heavy (non-hydrogen) atoms. The summed E-state index contributed by atoms with van der Waals surface area (Å²) in [6, 6.07) is -0.574. The second kappa shape index (κ2) is 4.72. The van der Waals surface area contributed by atoms with Gasteiger partial charge in [0.1, 0.15) is 6.04 Å². The van der Waals surface area contributed by atoms with E-state index in [0.717, 1.165) is 24.7 Å². The van der Waals surface area contributed by atoms with E-state index in [0.29, 0.717) is 30.7 Å². The highest BCUT2D eigenvalue weighted by Crippen LogP contribution is 2.69. The summed E-state index contributed by atoms with van der Waals surface area (Å²) in [5, 5.41) is 9.50. The molecule has 0 aromatic heterocycles. The number of carboxylic acid groups (broad SMARTS) is 1. The van der Waals surface area contributed by atoms with Gasteiger partial charge < -0.3 is 10.0 Å². The lowest BCUT2D eigenvalue weighted by molar-refractivity contribution is -0.154. The molecule has 3 saturated carbocycles. The van der Waals surface area contributed by atoms with Crippen LogP contribution in [0.3, 0.4) is 0 Å². The zero-order valence-electron chi connectivity index (χ0n) is 12.7. The molecule has 4 heteroatoms. The van der Waals surface area contributed by atoms with Crippen molar-refractivity contribution in [1.29, 1.82) is 0 Å². The molecule has 0 spiro atoms. The monoisotopic (exact) mass is 291 g/mol. The first-order valence-corrected chi connectivity index (χ1v) is 8.65. The SMILES string of the molecule is CCC1CCN(C(=O)C2C3C4CCC(C4)C23)C(C(=O)O)C1. The first-order valence-electron chi connectivity index (χ1n) is 8.65. The third kappa shape index (κ3) is 1.94. The van der Waals surface area contributed by atoms with Gasteiger partial charge in [0.2, 0.25) is 5.91 Å². The fraction of sp³-hybridized carbons (Fsp3) is 0.882. The fourth-order valence-corrected chi connectivity index (χ4v) is 5.75. The third-order valence-corrected chi connectivity index (χ3v) is 6.88. The first kappa shape index (κ1) is 13.6. The van der Waals surface area contributed by atoms with E-state index in [1.165, 1.54) is 19.3 Å². The number of fused-ring (bicyclic) bond motifs is 5. The average molecular weight is 291 g/mol. The Hall–Kier alpha value is -1.06. The van der Waals surface area contributed by atoms with Gasteiger partial charge in [0.25, 0.3) is 0 Å². The number of hydrogen-bond donors (Lipinski definition) is 1. The Morgan fingerprint density at radius 2 is 1.76 bits per heavy atom. The molecular formula is C17H25NO3. The molecule has 0 aromatic carbocycles. The van der Waals surface area contributed by atoms with Crippen LogP contribution in [-0.2, 0) is 9.59 Å². The zero-order valence-corrected chi connectivity index (χ0v) is 12.7. The molecule has 1 aliphatic heterocycles. The minimum atomic E-state index is -0.810. The van der Waals surface area contributed by atoms with Crippen LogP contribution in [-0.4, -0.2) is 34.5 Å². The van der Waals surface area contributed by atoms with Crippen LogP contribution >= 0.6 is 0 Å². The van der Waals surface area contributed by atoms with Crippen molar-refractivity contribution in [2.24, 2.45) is 35.5 Å². The molecule has 4 nitrogen and oxygen atoms in total. The average Bonchev–Trinajstić information content (AvgIpc) is 2.93. The van der Waals surface area contributed by atoms with E-state index >= 15 is 0 Å². The van der Waals surface area contributed by atoms with Crippen LogP contribution in [0.15, 0.2) is 0 Å². The van der Waals surface area contributed by atoms with Gasteiger partial charge in [-0.3, -0.25) is 4.79 Å². The molecule has 1 saturated heterocycles. The van der Waals surface area contributed by atoms with Gasteiger partial charge in [0.15, 0.2) is 0 Å². The number of carboxylic acids is 1. The molecule has 116 valence electrons. The van der Waals surface area contributed by atoms with Crippen molar-refractivity contribution >= 4 is 11.9 Å². The van der Waals surface area contributed by atoms with Gasteiger partial charge in [0, 0.05) is 12.5 Å². The van der Waals surface area contributed by atoms with Gasteiger partial charge >= 0.3 is 5.97 Å². The molecule has 1 amide bonds. The van der Waals surface area contributed by atoms with Crippen molar-refractivity contribution in [3.63, 3.8) is 0 Å². The lowest BCUT2D eigenvalue weighted by Gasteiger charge is -2.37.